The molecule has 0 unspecified atom stereocenters. The van der Waals surface area contributed by atoms with Crippen LogP contribution in [0.25, 0.3) is 5.69 Å². The van der Waals surface area contributed by atoms with Crippen LogP contribution in [0.2, 0.25) is 0 Å². The van der Waals surface area contributed by atoms with Gasteiger partial charge in [0.1, 0.15) is 0 Å². The average Bonchev–Trinajstić information content (AvgIpc) is 2.75. The van der Waals surface area contributed by atoms with E-state index in [-0.39, 0.29) is 5.69 Å². The van der Waals surface area contributed by atoms with Crippen LogP contribution in [-0.2, 0) is 6.42 Å². The van der Waals surface area contributed by atoms with Crippen LogP contribution >= 0.6 is 0 Å². The van der Waals surface area contributed by atoms with Gasteiger partial charge < -0.3 is 5.11 Å². The molecule has 0 saturated carbocycles. The van der Waals surface area contributed by atoms with Crippen molar-refractivity contribution in [3.8, 4) is 5.69 Å². The van der Waals surface area contributed by atoms with Crippen molar-refractivity contribution in [2.75, 3.05) is 0 Å². The molecule has 6 heteroatoms. The van der Waals surface area contributed by atoms with E-state index in [2.05, 4.69) is 15.3 Å². The molecule has 2 heterocycles. The van der Waals surface area contributed by atoms with Gasteiger partial charge in [0.05, 0.1) is 17.6 Å². The molecular weight excluding hydrogens is 220 g/mol. The molecule has 0 bridgehead atoms. The standard InChI is InChI=1S/C11H12N4O2/c1-2-4-9-10(11(16)17)13-14-15(9)8-5-3-6-12-7-8/h3,5-7H,2,4H2,1H3,(H,16,17). The lowest BCUT2D eigenvalue weighted by molar-refractivity contribution is 0.0689. The number of carboxylic acids is 1. The monoisotopic (exact) mass is 232 g/mol. The Labute approximate surface area is 97.9 Å². The topological polar surface area (TPSA) is 80.9 Å². The fourth-order valence-corrected chi connectivity index (χ4v) is 1.62. The van der Waals surface area contributed by atoms with E-state index in [1.165, 1.54) is 4.68 Å². The lowest BCUT2D eigenvalue weighted by atomic mass is 10.2. The number of nitrogens with zero attached hydrogens (tertiary/aromatic N) is 4. The predicted octanol–water partition coefficient (Wildman–Crippen LogP) is 1.31. The van der Waals surface area contributed by atoms with Gasteiger partial charge in [-0.25, -0.2) is 9.48 Å². The molecule has 17 heavy (non-hydrogen) atoms. The molecular formula is C11H12N4O2. The first kappa shape index (κ1) is 11.3. The van der Waals surface area contributed by atoms with E-state index in [1.807, 2.05) is 13.0 Å². The van der Waals surface area contributed by atoms with E-state index in [1.54, 1.807) is 18.5 Å². The first-order valence-electron chi connectivity index (χ1n) is 5.32. The van der Waals surface area contributed by atoms with Gasteiger partial charge in [-0.05, 0) is 18.6 Å². The summed E-state index contributed by atoms with van der Waals surface area (Å²) in [5.74, 6) is -1.05. The van der Waals surface area contributed by atoms with Crippen LogP contribution < -0.4 is 0 Å². The van der Waals surface area contributed by atoms with Gasteiger partial charge in [-0.3, -0.25) is 4.98 Å². The highest BCUT2D eigenvalue weighted by atomic mass is 16.4. The molecule has 2 aromatic heterocycles. The highest BCUT2D eigenvalue weighted by Crippen LogP contribution is 2.13. The normalized spacial score (nSPS) is 10.4. The van der Waals surface area contributed by atoms with Gasteiger partial charge in [-0.15, -0.1) is 5.10 Å². The minimum atomic E-state index is -1.05. The van der Waals surface area contributed by atoms with Gasteiger partial charge in [-0.2, -0.15) is 0 Å². The number of carbonyl (C=O) groups is 1. The summed E-state index contributed by atoms with van der Waals surface area (Å²) >= 11 is 0. The van der Waals surface area contributed by atoms with Gasteiger partial charge in [0, 0.05) is 6.20 Å². The molecule has 1 N–H and O–H groups in total. The fraction of sp³-hybridized carbons (Fsp3) is 0.273. The van der Waals surface area contributed by atoms with E-state index in [0.29, 0.717) is 12.1 Å². The Morgan fingerprint density at radius 3 is 2.94 bits per heavy atom. The van der Waals surface area contributed by atoms with Gasteiger partial charge in [0.2, 0.25) is 0 Å². The Hall–Kier alpha value is -2.24. The maximum atomic E-state index is 11.0. The quantitative estimate of drug-likeness (QED) is 0.859. The first-order chi connectivity index (χ1) is 8.24. The van der Waals surface area contributed by atoms with E-state index in [4.69, 9.17) is 5.11 Å². The van der Waals surface area contributed by atoms with Crippen LogP contribution in [0.3, 0.4) is 0 Å². The Kier molecular flexibility index (Phi) is 3.13. The van der Waals surface area contributed by atoms with E-state index in [9.17, 15) is 4.79 Å². The van der Waals surface area contributed by atoms with Crippen molar-refractivity contribution < 1.29 is 9.90 Å². The number of rotatable bonds is 4. The van der Waals surface area contributed by atoms with Crippen molar-refractivity contribution in [2.24, 2.45) is 0 Å². The summed E-state index contributed by atoms with van der Waals surface area (Å²) in [6.45, 7) is 1.98. The molecule has 0 fully saturated rings. The third-order valence-corrected chi connectivity index (χ3v) is 2.34. The zero-order valence-corrected chi connectivity index (χ0v) is 9.37. The zero-order valence-electron chi connectivity index (χ0n) is 9.37. The SMILES string of the molecule is CCCc1c(C(=O)O)nnn1-c1cccnc1. The second-order valence-corrected chi connectivity index (χ2v) is 3.56. The number of aromatic carboxylic acids is 1. The number of pyridine rings is 1. The van der Waals surface area contributed by atoms with Crippen LogP contribution in [-0.4, -0.2) is 31.1 Å². The van der Waals surface area contributed by atoms with Crippen molar-refractivity contribution in [2.45, 2.75) is 19.8 Å². The molecule has 2 rings (SSSR count). The maximum Gasteiger partial charge on any atom is 0.358 e. The summed E-state index contributed by atoms with van der Waals surface area (Å²) in [5, 5.41) is 16.6. The van der Waals surface area contributed by atoms with Crippen molar-refractivity contribution in [3.05, 3.63) is 35.9 Å². The number of hydrogen-bond acceptors (Lipinski definition) is 4. The largest absolute Gasteiger partial charge is 0.476 e. The molecule has 0 aliphatic heterocycles. The van der Waals surface area contributed by atoms with Crippen LogP contribution in [0.4, 0.5) is 0 Å². The third-order valence-electron chi connectivity index (χ3n) is 2.34. The van der Waals surface area contributed by atoms with Crippen LogP contribution in [0.5, 0.6) is 0 Å². The molecule has 0 amide bonds. The van der Waals surface area contributed by atoms with Gasteiger partial charge in [0.25, 0.3) is 0 Å². The Morgan fingerprint density at radius 2 is 2.35 bits per heavy atom. The van der Waals surface area contributed by atoms with Crippen molar-refractivity contribution in [1.29, 1.82) is 0 Å². The lowest BCUT2D eigenvalue weighted by Gasteiger charge is -2.04. The molecule has 2 aromatic rings. The summed E-state index contributed by atoms with van der Waals surface area (Å²) in [4.78, 5) is 15.0. The van der Waals surface area contributed by atoms with Crippen molar-refractivity contribution >= 4 is 5.97 Å². The summed E-state index contributed by atoms with van der Waals surface area (Å²) in [6.07, 6.45) is 4.72. The molecule has 6 nitrogen and oxygen atoms in total. The molecule has 0 radical (unpaired) electrons. The number of hydrogen-bond donors (Lipinski definition) is 1. The molecule has 0 saturated heterocycles. The third kappa shape index (κ3) is 2.15. The van der Waals surface area contributed by atoms with E-state index < -0.39 is 5.97 Å². The lowest BCUT2D eigenvalue weighted by Crippen LogP contribution is -2.06. The van der Waals surface area contributed by atoms with Crippen LogP contribution in [0.1, 0.15) is 29.5 Å². The Bertz CT molecular complexity index is 522. The summed E-state index contributed by atoms with van der Waals surface area (Å²) in [5.41, 5.74) is 1.33. The zero-order chi connectivity index (χ0) is 12.3. The summed E-state index contributed by atoms with van der Waals surface area (Å²) in [7, 11) is 0. The highest BCUT2D eigenvalue weighted by molar-refractivity contribution is 5.86. The molecule has 0 aromatic carbocycles. The van der Waals surface area contributed by atoms with Gasteiger partial charge in [0.15, 0.2) is 5.69 Å². The Morgan fingerprint density at radius 1 is 1.53 bits per heavy atom. The average molecular weight is 232 g/mol. The number of carboxylic acid groups (broad SMARTS) is 1. The van der Waals surface area contributed by atoms with Crippen LogP contribution in [0, 0.1) is 0 Å². The Balaban J connectivity index is 2.51. The minimum Gasteiger partial charge on any atom is -0.476 e. The fourth-order valence-electron chi connectivity index (χ4n) is 1.62. The molecule has 0 aliphatic carbocycles. The summed E-state index contributed by atoms with van der Waals surface area (Å²) in [6, 6.07) is 3.58. The van der Waals surface area contributed by atoms with E-state index >= 15 is 0 Å². The van der Waals surface area contributed by atoms with Gasteiger partial charge in [-0.1, -0.05) is 18.6 Å². The highest BCUT2D eigenvalue weighted by Gasteiger charge is 2.18. The smallest absolute Gasteiger partial charge is 0.358 e. The summed E-state index contributed by atoms with van der Waals surface area (Å²) < 4.78 is 1.53. The molecule has 0 atom stereocenters. The molecule has 0 spiro atoms. The molecule has 0 aliphatic rings. The van der Waals surface area contributed by atoms with E-state index in [0.717, 1.165) is 12.1 Å². The van der Waals surface area contributed by atoms with Gasteiger partial charge >= 0.3 is 5.97 Å². The first-order valence-corrected chi connectivity index (χ1v) is 5.32. The second-order valence-electron chi connectivity index (χ2n) is 3.56. The number of aromatic nitrogens is 4. The molecule has 88 valence electrons. The predicted molar refractivity (Wildman–Crippen MR) is 60.1 cm³/mol. The maximum absolute atomic E-state index is 11.0. The second kappa shape index (κ2) is 4.73. The minimum absolute atomic E-state index is 0.00991. The van der Waals surface area contributed by atoms with Crippen molar-refractivity contribution in [1.82, 2.24) is 20.0 Å². The van der Waals surface area contributed by atoms with Crippen LogP contribution in [0.15, 0.2) is 24.5 Å². The van der Waals surface area contributed by atoms with Crippen molar-refractivity contribution in [3.63, 3.8) is 0 Å².